The van der Waals surface area contributed by atoms with E-state index < -0.39 is 0 Å². The first-order valence-electron chi connectivity index (χ1n) is 7.17. The van der Waals surface area contributed by atoms with Gasteiger partial charge in [-0.05, 0) is 50.1 Å². The van der Waals surface area contributed by atoms with Crippen molar-refractivity contribution in [1.82, 2.24) is 20.0 Å². The van der Waals surface area contributed by atoms with Crippen LogP contribution in [0, 0.1) is 20.8 Å². The number of aromatic nitrogens is 4. The fourth-order valence-corrected chi connectivity index (χ4v) is 2.09. The Labute approximate surface area is 133 Å². The molecule has 118 valence electrons. The van der Waals surface area contributed by atoms with Crippen LogP contribution in [0.4, 0.5) is 6.01 Å². The molecular weight excluding hydrogens is 294 g/mol. The number of carbonyl (C=O) groups excluding carboxylic acids is 1. The van der Waals surface area contributed by atoms with Gasteiger partial charge in [-0.2, -0.15) is 5.10 Å². The lowest BCUT2D eigenvalue weighted by atomic mass is 10.1. The predicted molar refractivity (Wildman–Crippen MR) is 85.1 cm³/mol. The molecule has 0 saturated carbocycles. The highest BCUT2D eigenvalue weighted by molar-refractivity contribution is 6.03. The lowest BCUT2D eigenvalue weighted by Crippen LogP contribution is -2.12. The van der Waals surface area contributed by atoms with E-state index in [1.165, 1.54) is 0 Å². The van der Waals surface area contributed by atoms with Crippen molar-refractivity contribution in [2.24, 2.45) is 7.05 Å². The van der Waals surface area contributed by atoms with E-state index in [4.69, 9.17) is 4.42 Å². The summed E-state index contributed by atoms with van der Waals surface area (Å²) in [5, 5.41) is 14.6. The Balaban J connectivity index is 1.78. The molecule has 0 fully saturated rings. The number of hydrogen-bond donors (Lipinski definition) is 1. The van der Waals surface area contributed by atoms with Crippen LogP contribution in [-0.2, 0) is 7.05 Å². The zero-order chi connectivity index (χ0) is 16.6. The van der Waals surface area contributed by atoms with Crippen LogP contribution < -0.4 is 5.32 Å². The third kappa shape index (κ3) is 2.98. The molecule has 0 atom stereocenters. The molecule has 0 aliphatic carbocycles. The van der Waals surface area contributed by atoms with Gasteiger partial charge in [-0.1, -0.05) is 11.2 Å². The molecule has 0 aliphatic rings. The number of anilines is 1. The number of aryl methyl sites for hydroxylation is 4. The van der Waals surface area contributed by atoms with Crippen LogP contribution in [0.5, 0.6) is 0 Å². The molecule has 3 rings (SSSR count). The van der Waals surface area contributed by atoms with Crippen LogP contribution in [0.25, 0.3) is 11.6 Å². The maximum absolute atomic E-state index is 12.2. The number of hydrogen-bond acceptors (Lipinski definition) is 5. The first-order chi connectivity index (χ1) is 10.9. The zero-order valence-electron chi connectivity index (χ0n) is 13.4. The third-order valence-corrected chi connectivity index (χ3v) is 3.75. The molecule has 0 bridgehead atoms. The summed E-state index contributed by atoms with van der Waals surface area (Å²) >= 11 is 0. The number of benzene rings is 1. The second-order valence-corrected chi connectivity index (χ2v) is 5.46. The van der Waals surface area contributed by atoms with E-state index in [9.17, 15) is 4.79 Å². The minimum Gasteiger partial charge on any atom is -0.401 e. The summed E-state index contributed by atoms with van der Waals surface area (Å²) < 4.78 is 7.17. The van der Waals surface area contributed by atoms with Crippen molar-refractivity contribution >= 4 is 11.9 Å². The summed E-state index contributed by atoms with van der Waals surface area (Å²) in [6.07, 6.45) is 0. The lowest BCUT2D eigenvalue weighted by Gasteiger charge is -2.04. The molecule has 0 unspecified atom stereocenters. The molecule has 23 heavy (non-hydrogen) atoms. The fourth-order valence-electron chi connectivity index (χ4n) is 2.09. The van der Waals surface area contributed by atoms with E-state index in [1.807, 2.05) is 46.0 Å². The number of rotatable bonds is 3. The van der Waals surface area contributed by atoms with Crippen LogP contribution in [0.3, 0.4) is 0 Å². The van der Waals surface area contributed by atoms with Crippen molar-refractivity contribution < 1.29 is 9.21 Å². The van der Waals surface area contributed by atoms with Gasteiger partial charge in [0, 0.05) is 18.3 Å². The molecule has 0 spiro atoms. The van der Waals surface area contributed by atoms with Crippen molar-refractivity contribution in [3.63, 3.8) is 0 Å². The van der Waals surface area contributed by atoms with Gasteiger partial charge in [0.25, 0.3) is 11.8 Å². The standard InChI is InChI=1S/C16H17N5O2/c1-9-5-6-12(7-10(9)2)14(22)17-16-19-18-15(23-16)13-8-11(3)21(4)20-13/h5-8H,1-4H3,(H,17,19,22). The summed E-state index contributed by atoms with van der Waals surface area (Å²) in [4.78, 5) is 12.2. The Hall–Kier alpha value is -2.96. The smallest absolute Gasteiger partial charge is 0.322 e. The molecule has 0 saturated heterocycles. The normalized spacial score (nSPS) is 10.8. The molecule has 2 heterocycles. The quantitative estimate of drug-likeness (QED) is 0.803. The Kier molecular flexibility index (Phi) is 3.69. The third-order valence-electron chi connectivity index (χ3n) is 3.75. The van der Waals surface area contributed by atoms with Crippen molar-refractivity contribution in [3.05, 3.63) is 46.6 Å². The highest BCUT2D eigenvalue weighted by Gasteiger charge is 2.15. The van der Waals surface area contributed by atoms with E-state index in [1.54, 1.807) is 10.7 Å². The second-order valence-electron chi connectivity index (χ2n) is 5.46. The van der Waals surface area contributed by atoms with Crippen molar-refractivity contribution in [1.29, 1.82) is 0 Å². The van der Waals surface area contributed by atoms with Gasteiger partial charge in [0.2, 0.25) is 0 Å². The molecule has 1 amide bonds. The number of nitrogens with one attached hydrogen (secondary N) is 1. The Morgan fingerprint density at radius 3 is 2.57 bits per heavy atom. The monoisotopic (exact) mass is 311 g/mol. The highest BCUT2D eigenvalue weighted by atomic mass is 16.4. The van der Waals surface area contributed by atoms with Crippen LogP contribution in [0.15, 0.2) is 28.7 Å². The number of nitrogens with zero attached hydrogens (tertiary/aromatic N) is 4. The van der Waals surface area contributed by atoms with Gasteiger partial charge in [0.05, 0.1) is 0 Å². The summed E-state index contributed by atoms with van der Waals surface area (Å²) in [6.45, 7) is 5.88. The van der Waals surface area contributed by atoms with Crippen molar-refractivity contribution in [2.75, 3.05) is 5.32 Å². The summed E-state index contributed by atoms with van der Waals surface area (Å²) in [7, 11) is 1.83. The maximum Gasteiger partial charge on any atom is 0.322 e. The summed E-state index contributed by atoms with van der Waals surface area (Å²) in [5.41, 5.74) is 4.27. The molecule has 0 radical (unpaired) electrons. The highest BCUT2D eigenvalue weighted by Crippen LogP contribution is 2.19. The lowest BCUT2D eigenvalue weighted by molar-refractivity contribution is 0.102. The molecule has 1 aromatic carbocycles. The average Bonchev–Trinajstić information content (AvgIpc) is 3.09. The topological polar surface area (TPSA) is 85.8 Å². The van der Waals surface area contributed by atoms with Crippen LogP contribution in [-0.4, -0.2) is 25.9 Å². The summed E-state index contributed by atoms with van der Waals surface area (Å²) in [5.74, 6) is -0.0235. The zero-order valence-corrected chi connectivity index (χ0v) is 13.4. The second kappa shape index (κ2) is 5.68. The predicted octanol–water partition coefficient (Wildman–Crippen LogP) is 2.65. The van der Waals surface area contributed by atoms with Gasteiger partial charge in [-0.15, -0.1) is 5.10 Å². The molecule has 0 aliphatic heterocycles. The van der Waals surface area contributed by atoms with E-state index in [0.29, 0.717) is 11.3 Å². The molecule has 3 aromatic rings. The SMILES string of the molecule is Cc1ccc(C(=O)Nc2nnc(-c3cc(C)n(C)n3)o2)cc1C. The first-order valence-corrected chi connectivity index (χ1v) is 7.17. The van der Waals surface area contributed by atoms with Gasteiger partial charge in [0.1, 0.15) is 5.69 Å². The van der Waals surface area contributed by atoms with Crippen LogP contribution >= 0.6 is 0 Å². The number of amides is 1. The largest absolute Gasteiger partial charge is 0.401 e. The van der Waals surface area contributed by atoms with Gasteiger partial charge in [-0.25, -0.2) is 0 Å². The van der Waals surface area contributed by atoms with E-state index in [2.05, 4.69) is 20.6 Å². The Morgan fingerprint density at radius 1 is 1.13 bits per heavy atom. The van der Waals surface area contributed by atoms with Crippen molar-refractivity contribution in [3.8, 4) is 11.6 Å². The molecule has 7 heteroatoms. The van der Waals surface area contributed by atoms with Gasteiger partial charge in [-0.3, -0.25) is 14.8 Å². The van der Waals surface area contributed by atoms with Gasteiger partial charge in [0.15, 0.2) is 0 Å². The number of carbonyl (C=O) groups is 1. The first kappa shape index (κ1) is 15.0. The fraction of sp³-hybridized carbons (Fsp3) is 0.250. The molecular formula is C16H17N5O2. The van der Waals surface area contributed by atoms with Crippen LogP contribution in [0.1, 0.15) is 27.2 Å². The minimum atomic E-state index is -0.291. The van der Waals surface area contributed by atoms with Crippen molar-refractivity contribution in [2.45, 2.75) is 20.8 Å². The molecule has 1 N–H and O–H groups in total. The van der Waals surface area contributed by atoms with Gasteiger partial charge < -0.3 is 4.42 Å². The Morgan fingerprint density at radius 2 is 1.91 bits per heavy atom. The van der Waals surface area contributed by atoms with E-state index in [0.717, 1.165) is 16.8 Å². The van der Waals surface area contributed by atoms with Gasteiger partial charge >= 0.3 is 6.01 Å². The average molecular weight is 311 g/mol. The molecule has 2 aromatic heterocycles. The summed E-state index contributed by atoms with van der Waals surface area (Å²) in [6, 6.07) is 7.37. The molecule has 7 nitrogen and oxygen atoms in total. The van der Waals surface area contributed by atoms with E-state index in [-0.39, 0.29) is 17.8 Å². The maximum atomic E-state index is 12.2. The Bertz CT molecular complexity index is 859. The minimum absolute atomic E-state index is 0.0477. The van der Waals surface area contributed by atoms with Crippen LogP contribution in [0.2, 0.25) is 0 Å². The van der Waals surface area contributed by atoms with E-state index >= 15 is 0 Å².